The van der Waals surface area contributed by atoms with Gasteiger partial charge in [-0.25, -0.2) is 4.98 Å². The van der Waals surface area contributed by atoms with E-state index in [1.54, 1.807) is 6.07 Å². The van der Waals surface area contributed by atoms with E-state index in [4.69, 9.17) is 4.98 Å². The molecule has 0 saturated heterocycles. The van der Waals surface area contributed by atoms with E-state index in [2.05, 4.69) is 20.8 Å². The number of ketones is 1. The van der Waals surface area contributed by atoms with Crippen molar-refractivity contribution in [2.45, 2.75) is 52.5 Å². The van der Waals surface area contributed by atoms with Crippen LogP contribution in [0.2, 0.25) is 0 Å². The molecule has 0 saturated carbocycles. The molecular weight excluding hydrogens is 428 g/mol. The van der Waals surface area contributed by atoms with Crippen LogP contribution >= 0.6 is 0 Å². The highest BCUT2D eigenvalue weighted by molar-refractivity contribution is 5.98. The maximum absolute atomic E-state index is 12.5. The quantitative estimate of drug-likeness (QED) is 0.266. The molecule has 2 aromatic carbocycles. The lowest BCUT2D eigenvalue weighted by Gasteiger charge is -2.12. The molecule has 2 heterocycles. The van der Waals surface area contributed by atoms with Crippen LogP contribution in [0, 0.1) is 6.92 Å². The number of hydrogen-bond acceptors (Lipinski definition) is 6. The summed E-state index contributed by atoms with van der Waals surface area (Å²) in [5.41, 5.74) is 3.52. The molecule has 2 N–H and O–H groups in total. The maximum atomic E-state index is 12.5. The molecule has 4 rings (SSSR count). The predicted octanol–water partition coefficient (Wildman–Crippen LogP) is 4.58. The van der Waals surface area contributed by atoms with Gasteiger partial charge < -0.3 is 10.6 Å². The average Bonchev–Trinajstić information content (AvgIpc) is 3.23. The summed E-state index contributed by atoms with van der Waals surface area (Å²) < 4.78 is 1.93. The lowest BCUT2D eigenvalue weighted by molar-refractivity contribution is 0.0941. The molecule has 0 bridgehead atoms. The summed E-state index contributed by atoms with van der Waals surface area (Å²) in [6, 6.07) is 14.9. The van der Waals surface area contributed by atoms with E-state index in [1.807, 2.05) is 67.6 Å². The van der Waals surface area contributed by atoms with Crippen molar-refractivity contribution < 1.29 is 9.59 Å². The number of unbranched alkanes of at least 4 members (excludes halogenated alkanes) is 2. The van der Waals surface area contributed by atoms with Crippen molar-refractivity contribution in [1.29, 1.82) is 0 Å². The molecule has 0 unspecified atom stereocenters. The van der Waals surface area contributed by atoms with Crippen molar-refractivity contribution in [1.82, 2.24) is 24.9 Å². The van der Waals surface area contributed by atoms with Gasteiger partial charge in [0.15, 0.2) is 11.6 Å². The second-order valence-corrected chi connectivity index (χ2v) is 8.72. The van der Waals surface area contributed by atoms with E-state index in [1.165, 1.54) is 0 Å². The monoisotopic (exact) mass is 458 g/mol. The van der Waals surface area contributed by atoms with Gasteiger partial charge in [-0.15, -0.1) is 10.2 Å². The normalized spacial score (nSPS) is 11.3. The molecule has 0 aliphatic carbocycles. The molecule has 4 aromatic rings. The molecule has 0 radical (unpaired) electrons. The predicted molar refractivity (Wildman–Crippen MR) is 133 cm³/mol. The fourth-order valence-electron chi connectivity index (χ4n) is 3.94. The first-order valence-electron chi connectivity index (χ1n) is 11.7. The summed E-state index contributed by atoms with van der Waals surface area (Å²) in [5, 5.41) is 14.8. The van der Waals surface area contributed by atoms with Crippen LogP contribution in [0.3, 0.4) is 0 Å². The Hall–Kier alpha value is -3.81. The standard InChI is InChI=1S/C26H30N6O2/c1-17(2)28-26(34)20-13-14-21-22(16-20)32-18(3)30-31-25(32)24(29-21)27-15-9-5-8-12-23(33)19-10-6-4-7-11-19/h4,6-7,10-11,13-14,16-17H,5,8-9,12,15H2,1-3H3,(H,27,29)(H,28,34). The van der Waals surface area contributed by atoms with Gasteiger partial charge >= 0.3 is 0 Å². The van der Waals surface area contributed by atoms with E-state index >= 15 is 0 Å². The Labute approximate surface area is 198 Å². The van der Waals surface area contributed by atoms with E-state index in [0.717, 1.165) is 41.7 Å². The fourth-order valence-corrected chi connectivity index (χ4v) is 3.94. The van der Waals surface area contributed by atoms with Crippen LogP contribution < -0.4 is 10.6 Å². The molecule has 34 heavy (non-hydrogen) atoms. The van der Waals surface area contributed by atoms with Crippen molar-refractivity contribution >= 4 is 34.2 Å². The second-order valence-electron chi connectivity index (χ2n) is 8.72. The lowest BCUT2D eigenvalue weighted by Crippen LogP contribution is -2.30. The largest absolute Gasteiger partial charge is 0.367 e. The third-order valence-corrected chi connectivity index (χ3v) is 5.64. The van der Waals surface area contributed by atoms with Gasteiger partial charge in [0.05, 0.1) is 11.0 Å². The Morgan fingerprint density at radius 2 is 1.76 bits per heavy atom. The van der Waals surface area contributed by atoms with Crippen molar-refractivity contribution in [3.05, 3.63) is 65.5 Å². The number of nitrogens with one attached hydrogen (secondary N) is 2. The first kappa shape index (κ1) is 23.4. The molecule has 176 valence electrons. The Kier molecular flexibility index (Phi) is 7.15. The summed E-state index contributed by atoms with van der Waals surface area (Å²) >= 11 is 0. The van der Waals surface area contributed by atoms with Crippen LogP contribution in [0.1, 0.15) is 66.1 Å². The number of anilines is 1. The van der Waals surface area contributed by atoms with Crippen molar-refractivity contribution in [2.75, 3.05) is 11.9 Å². The van der Waals surface area contributed by atoms with E-state index in [0.29, 0.717) is 30.0 Å². The Bertz CT molecular complexity index is 1310. The third-order valence-electron chi connectivity index (χ3n) is 5.64. The summed E-state index contributed by atoms with van der Waals surface area (Å²) in [6.45, 7) is 6.46. The van der Waals surface area contributed by atoms with Gasteiger partial charge in [-0.2, -0.15) is 0 Å². The first-order valence-corrected chi connectivity index (χ1v) is 11.7. The Balaban J connectivity index is 1.41. The van der Waals surface area contributed by atoms with Crippen LogP contribution in [-0.4, -0.2) is 43.9 Å². The number of Topliss-reactive ketones (excluding diaryl/α,β-unsaturated/α-hetero) is 1. The minimum absolute atomic E-state index is 0.0565. The average molecular weight is 459 g/mol. The number of nitrogens with zero attached hydrogens (tertiary/aromatic N) is 4. The minimum atomic E-state index is -0.122. The van der Waals surface area contributed by atoms with Crippen molar-refractivity contribution in [3.8, 4) is 0 Å². The van der Waals surface area contributed by atoms with E-state index in [9.17, 15) is 9.59 Å². The molecule has 8 nitrogen and oxygen atoms in total. The molecular formula is C26H30N6O2. The highest BCUT2D eigenvalue weighted by atomic mass is 16.1. The molecule has 0 aliphatic rings. The number of rotatable bonds is 10. The molecule has 0 atom stereocenters. The number of aryl methyl sites for hydroxylation is 1. The first-order chi connectivity index (χ1) is 16.4. The van der Waals surface area contributed by atoms with Crippen LogP contribution in [-0.2, 0) is 0 Å². The van der Waals surface area contributed by atoms with Gasteiger partial charge in [-0.3, -0.25) is 14.0 Å². The number of fused-ring (bicyclic) bond motifs is 3. The zero-order valence-electron chi connectivity index (χ0n) is 19.8. The second kappa shape index (κ2) is 10.4. The Morgan fingerprint density at radius 1 is 0.971 bits per heavy atom. The van der Waals surface area contributed by atoms with Gasteiger partial charge in [-0.05, 0) is 51.8 Å². The van der Waals surface area contributed by atoms with Crippen LogP contribution in [0.4, 0.5) is 5.82 Å². The van der Waals surface area contributed by atoms with Gasteiger partial charge in [-0.1, -0.05) is 36.8 Å². The van der Waals surface area contributed by atoms with Gasteiger partial charge in [0, 0.05) is 30.1 Å². The maximum Gasteiger partial charge on any atom is 0.251 e. The summed E-state index contributed by atoms with van der Waals surface area (Å²) in [6.07, 6.45) is 3.25. The zero-order chi connectivity index (χ0) is 24.1. The van der Waals surface area contributed by atoms with Crippen LogP contribution in [0.15, 0.2) is 48.5 Å². The minimum Gasteiger partial charge on any atom is -0.367 e. The smallest absolute Gasteiger partial charge is 0.251 e. The van der Waals surface area contributed by atoms with Crippen molar-refractivity contribution in [2.24, 2.45) is 0 Å². The summed E-state index contributed by atoms with van der Waals surface area (Å²) in [4.78, 5) is 29.4. The van der Waals surface area contributed by atoms with Crippen LogP contribution in [0.25, 0.3) is 16.7 Å². The molecule has 0 aliphatic heterocycles. The van der Waals surface area contributed by atoms with Crippen LogP contribution in [0.5, 0.6) is 0 Å². The number of carbonyl (C=O) groups is 2. The number of benzene rings is 2. The summed E-state index contributed by atoms with van der Waals surface area (Å²) in [7, 11) is 0. The van der Waals surface area contributed by atoms with Gasteiger partial charge in [0.25, 0.3) is 5.91 Å². The highest BCUT2D eigenvalue weighted by Crippen LogP contribution is 2.23. The molecule has 0 spiro atoms. The fraction of sp³-hybridized carbons (Fsp3) is 0.346. The van der Waals surface area contributed by atoms with E-state index < -0.39 is 0 Å². The van der Waals surface area contributed by atoms with Gasteiger partial charge in [0.1, 0.15) is 5.82 Å². The molecule has 2 aromatic heterocycles. The SMILES string of the molecule is Cc1nnc2c(NCCCCCC(=O)c3ccccc3)nc3ccc(C(=O)NC(C)C)cc3n12. The molecule has 1 amide bonds. The van der Waals surface area contributed by atoms with E-state index in [-0.39, 0.29) is 17.7 Å². The zero-order valence-corrected chi connectivity index (χ0v) is 19.8. The van der Waals surface area contributed by atoms with Crippen molar-refractivity contribution in [3.63, 3.8) is 0 Å². The molecule has 8 heteroatoms. The Morgan fingerprint density at radius 3 is 2.53 bits per heavy atom. The summed E-state index contributed by atoms with van der Waals surface area (Å²) in [5.74, 6) is 1.45. The number of amides is 1. The number of hydrogen-bond donors (Lipinski definition) is 2. The topological polar surface area (TPSA) is 101 Å². The number of carbonyl (C=O) groups excluding carboxylic acids is 2. The lowest BCUT2D eigenvalue weighted by atomic mass is 10.0. The third kappa shape index (κ3) is 5.22. The molecule has 0 fully saturated rings. The van der Waals surface area contributed by atoms with Gasteiger partial charge in [0.2, 0.25) is 5.65 Å². The number of aromatic nitrogens is 4. The highest BCUT2D eigenvalue weighted by Gasteiger charge is 2.15.